The fourth-order valence-corrected chi connectivity index (χ4v) is 3.22. The maximum Gasteiger partial charge on any atom is 0.266 e. The summed E-state index contributed by atoms with van der Waals surface area (Å²) in [7, 11) is 1.54. The van der Waals surface area contributed by atoms with Crippen molar-refractivity contribution in [3.05, 3.63) is 93.5 Å². The van der Waals surface area contributed by atoms with Crippen LogP contribution in [0.25, 0.3) is 6.08 Å². The Kier molecular flexibility index (Phi) is 7.54. The van der Waals surface area contributed by atoms with Crippen LogP contribution in [0.4, 0.5) is 5.69 Å². The van der Waals surface area contributed by atoms with Gasteiger partial charge in [0.15, 0.2) is 11.5 Å². The zero-order chi connectivity index (χ0) is 23.1. The number of methoxy groups -OCH3 is 1. The van der Waals surface area contributed by atoms with Crippen molar-refractivity contribution in [2.45, 2.75) is 20.5 Å². The number of amides is 1. The summed E-state index contributed by atoms with van der Waals surface area (Å²) in [4.78, 5) is 12.5. The maximum atomic E-state index is 12.5. The Labute approximate surface area is 192 Å². The maximum absolute atomic E-state index is 12.5. The van der Waals surface area contributed by atoms with Gasteiger partial charge in [0, 0.05) is 10.7 Å². The molecule has 0 aliphatic carbocycles. The second kappa shape index (κ2) is 10.5. The largest absolute Gasteiger partial charge is 0.493 e. The lowest BCUT2D eigenvalue weighted by Crippen LogP contribution is -2.13. The molecule has 6 heteroatoms. The van der Waals surface area contributed by atoms with E-state index in [1.165, 1.54) is 17.2 Å². The lowest BCUT2D eigenvalue weighted by molar-refractivity contribution is -0.112. The molecular weight excluding hydrogens is 424 g/mol. The van der Waals surface area contributed by atoms with Crippen LogP contribution >= 0.6 is 11.6 Å². The standard InChI is InChI=1S/C26H23ClN2O3/c1-17-7-8-20(11-18(17)2)16-32-24-10-9-19(13-25(24)31-3)12-21(15-28)26(30)29-23-6-4-5-22(27)14-23/h4-14H,16H2,1-3H3,(H,29,30)/b21-12+. The highest BCUT2D eigenvalue weighted by Crippen LogP contribution is 2.30. The Balaban J connectivity index is 1.75. The highest BCUT2D eigenvalue weighted by atomic mass is 35.5. The molecule has 0 saturated heterocycles. The number of nitriles is 1. The summed E-state index contributed by atoms with van der Waals surface area (Å²) >= 11 is 5.94. The molecule has 5 nitrogen and oxygen atoms in total. The van der Waals surface area contributed by atoms with Gasteiger partial charge >= 0.3 is 0 Å². The third-order valence-electron chi connectivity index (χ3n) is 4.91. The van der Waals surface area contributed by atoms with Crippen molar-refractivity contribution in [1.29, 1.82) is 5.26 Å². The molecule has 1 N–H and O–H groups in total. The first-order valence-electron chi connectivity index (χ1n) is 9.95. The van der Waals surface area contributed by atoms with Crippen LogP contribution in [0.5, 0.6) is 11.5 Å². The van der Waals surface area contributed by atoms with Crippen molar-refractivity contribution < 1.29 is 14.3 Å². The first kappa shape index (κ1) is 22.9. The second-order valence-corrected chi connectivity index (χ2v) is 7.69. The second-order valence-electron chi connectivity index (χ2n) is 7.25. The zero-order valence-corrected chi connectivity index (χ0v) is 18.9. The van der Waals surface area contributed by atoms with Crippen LogP contribution in [0, 0.1) is 25.2 Å². The summed E-state index contributed by atoms with van der Waals surface area (Å²) < 4.78 is 11.4. The van der Waals surface area contributed by atoms with Gasteiger partial charge in [-0.15, -0.1) is 0 Å². The molecule has 162 valence electrons. The quantitative estimate of drug-likeness (QED) is 0.352. The van der Waals surface area contributed by atoms with E-state index < -0.39 is 5.91 Å². The van der Waals surface area contributed by atoms with E-state index in [0.29, 0.717) is 34.4 Å². The van der Waals surface area contributed by atoms with Gasteiger partial charge in [0.25, 0.3) is 5.91 Å². The Morgan fingerprint density at radius 3 is 2.56 bits per heavy atom. The van der Waals surface area contributed by atoms with Gasteiger partial charge in [-0.1, -0.05) is 41.9 Å². The van der Waals surface area contributed by atoms with Crippen LogP contribution in [-0.4, -0.2) is 13.0 Å². The molecule has 0 saturated carbocycles. The minimum atomic E-state index is -0.524. The van der Waals surface area contributed by atoms with Crippen LogP contribution < -0.4 is 14.8 Å². The van der Waals surface area contributed by atoms with Crippen LogP contribution in [0.15, 0.2) is 66.2 Å². The minimum absolute atomic E-state index is 0.0455. The Hall–Kier alpha value is -3.75. The average Bonchev–Trinajstić information content (AvgIpc) is 2.78. The Morgan fingerprint density at radius 2 is 1.88 bits per heavy atom. The first-order chi connectivity index (χ1) is 15.4. The number of carbonyl (C=O) groups is 1. The molecule has 3 rings (SSSR count). The third-order valence-corrected chi connectivity index (χ3v) is 5.15. The molecule has 0 aliphatic heterocycles. The minimum Gasteiger partial charge on any atom is -0.493 e. The SMILES string of the molecule is COc1cc(/C=C(\C#N)C(=O)Nc2cccc(Cl)c2)ccc1OCc1ccc(C)c(C)c1. The smallest absolute Gasteiger partial charge is 0.266 e. The number of hydrogen-bond acceptors (Lipinski definition) is 4. The number of halogens is 1. The van der Waals surface area contributed by atoms with E-state index in [-0.39, 0.29) is 5.57 Å². The number of anilines is 1. The van der Waals surface area contributed by atoms with Crippen molar-refractivity contribution in [3.63, 3.8) is 0 Å². The summed E-state index contributed by atoms with van der Waals surface area (Å²) in [5.74, 6) is 0.559. The average molecular weight is 447 g/mol. The molecule has 0 unspecified atom stereocenters. The van der Waals surface area contributed by atoms with Crippen LogP contribution in [0.1, 0.15) is 22.3 Å². The fraction of sp³-hybridized carbons (Fsp3) is 0.154. The highest BCUT2D eigenvalue weighted by molar-refractivity contribution is 6.31. The molecule has 0 fully saturated rings. The molecular formula is C26H23ClN2O3. The lowest BCUT2D eigenvalue weighted by atomic mass is 10.1. The van der Waals surface area contributed by atoms with E-state index in [1.54, 1.807) is 49.6 Å². The molecule has 0 spiro atoms. The van der Waals surface area contributed by atoms with Crippen molar-refractivity contribution >= 4 is 29.3 Å². The molecule has 0 atom stereocenters. The van der Waals surface area contributed by atoms with Crippen molar-refractivity contribution in [3.8, 4) is 17.6 Å². The number of nitrogens with zero attached hydrogens (tertiary/aromatic N) is 1. The predicted octanol–water partition coefficient (Wildman–Crippen LogP) is 6.09. The first-order valence-corrected chi connectivity index (χ1v) is 10.3. The van der Waals surface area contributed by atoms with E-state index >= 15 is 0 Å². The summed E-state index contributed by atoms with van der Waals surface area (Å²) in [6, 6.07) is 20.1. The fourth-order valence-electron chi connectivity index (χ4n) is 3.03. The van der Waals surface area contributed by atoms with E-state index in [2.05, 4.69) is 31.3 Å². The number of hydrogen-bond donors (Lipinski definition) is 1. The highest BCUT2D eigenvalue weighted by Gasteiger charge is 2.12. The number of aryl methyl sites for hydroxylation is 2. The van der Waals surface area contributed by atoms with Gasteiger partial charge in [0.2, 0.25) is 0 Å². The van der Waals surface area contributed by atoms with Gasteiger partial charge in [-0.3, -0.25) is 4.79 Å². The Morgan fingerprint density at radius 1 is 1.06 bits per heavy atom. The van der Waals surface area contributed by atoms with Gasteiger partial charge in [-0.2, -0.15) is 5.26 Å². The van der Waals surface area contributed by atoms with Gasteiger partial charge in [-0.25, -0.2) is 0 Å². The molecule has 0 aliphatic rings. The summed E-state index contributed by atoms with van der Waals surface area (Å²) in [6.45, 7) is 4.54. The van der Waals surface area contributed by atoms with Crippen LogP contribution in [0.2, 0.25) is 5.02 Å². The van der Waals surface area contributed by atoms with E-state index in [9.17, 15) is 10.1 Å². The van der Waals surface area contributed by atoms with Crippen molar-refractivity contribution in [1.82, 2.24) is 0 Å². The number of ether oxygens (including phenoxy) is 2. The summed E-state index contributed by atoms with van der Waals surface area (Å²) in [6.07, 6.45) is 1.50. The molecule has 0 heterocycles. The monoisotopic (exact) mass is 446 g/mol. The topological polar surface area (TPSA) is 71.3 Å². The molecule has 0 bridgehead atoms. The number of carbonyl (C=O) groups excluding carboxylic acids is 1. The molecule has 0 aromatic heterocycles. The molecule has 0 radical (unpaired) electrons. The van der Waals surface area contributed by atoms with Gasteiger partial charge in [0.1, 0.15) is 18.2 Å². The lowest BCUT2D eigenvalue weighted by Gasteiger charge is -2.12. The zero-order valence-electron chi connectivity index (χ0n) is 18.1. The van der Waals surface area contributed by atoms with Gasteiger partial charge in [0.05, 0.1) is 7.11 Å². The van der Waals surface area contributed by atoms with Crippen LogP contribution in [-0.2, 0) is 11.4 Å². The Bertz CT molecular complexity index is 1210. The van der Waals surface area contributed by atoms with Crippen LogP contribution in [0.3, 0.4) is 0 Å². The van der Waals surface area contributed by atoms with Crippen molar-refractivity contribution in [2.24, 2.45) is 0 Å². The van der Waals surface area contributed by atoms with Gasteiger partial charge < -0.3 is 14.8 Å². The van der Waals surface area contributed by atoms with E-state index in [4.69, 9.17) is 21.1 Å². The molecule has 1 amide bonds. The van der Waals surface area contributed by atoms with Gasteiger partial charge in [-0.05, 0) is 72.5 Å². The van der Waals surface area contributed by atoms with E-state index in [1.807, 2.05) is 12.1 Å². The normalized spacial score (nSPS) is 10.9. The number of nitrogens with one attached hydrogen (secondary N) is 1. The number of benzene rings is 3. The molecule has 3 aromatic rings. The number of rotatable bonds is 7. The predicted molar refractivity (Wildman–Crippen MR) is 127 cm³/mol. The van der Waals surface area contributed by atoms with Crippen molar-refractivity contribution in [2.75, 3.05) is 12.4 Å². The molecule has 32 heavy (non-hydrogen) atoms. The van der Waals surface area contributed by atoms with E-state index in [0.717, 1.165) is 5.56 Å². The summed E-state index contributed by atoms with van der Waals surface area (Å²) in [5, 5.41) is 12.6. The summed E-state index contributed by atoms with van der Waals surface area (Å²) in [5.41, 5.74) is 4.60. The molecule has 3 aromatic carbocycles. The third kappa shape index (κ3) is 5.90.